The van der Waals surface area contributed by atoms with Crippen LogP contribution < -0.4 is 5.73 Å². The molecular weight excluding hydrogens is 204 g/mol. The van der Waals surface area contributed by atoms with E-state index < -0.39 is 12.1 Å². The molecule has 1 amide bonds. The van der Waals surface area contributed by atoms with Crippen LogP contribution in [0, 0.1) is 0 Å². The molecule has 1 aliphatic heterocycles. The summed E-state index contributed by atoms with van der Waals surface area (Å²) in [5, 5.41) is 9.37. The largest absolute Gasteiger partial charge is 0.391 e. The van der Waals surface area contributed by atoms with Crippen LogP contribution in [0.15, 0.2) is 30.3 Å². The molecule has 0 aliphatic carbocycles. The third kappa shape index (κ3) is 2.23. The van der Waals surface area contributed by atoms with Crippen molar-refractivity contribution in [3.63, 3.8) is 0 Å². The fraction of sp³-hybridized carbons (Fsp3) is 0.417. The zero-order valence-electron chi connectivity index (χ0n) is 9.04. The van der Waals surface area contributed by atoms with Crippen LogP contribution in [0.5, 0.6) is 0 Å². The molecule has 0 saturated carbocycles. The van der Waals surface area contributed by atoms with Gasteiger partial charge in [-0.1, -0.05) is 30.3 Å². The lowest BCUT2D eigenvalue weighted by Gasteiger charge is -2.20. The molecule has 16 heavy (non-hydrogen) atoms. The van der Waals surface area contributed by atoms with Gasteiger partial charge >= 0.3 is 0 Å². The van der Waals surface area contributed by atoms with Crippen LogP contribution in [-0.4, -0.2) is 35.1 Å². The number of likely N-dealkylation sites (tertiary alicyclic amines) is 1. The zero-order chi connectivity index (χ0) is 11.5. The van der Waals surface area contributed by atoms with Crippen molar-refractivity contribution in [3.05, 3.63) is 35.9 Å². The van der Waals surface area contributed by atoms with E-state index in [1.807, 2.05) is 30.3 Å². The van der Waals surface area contributed by atoms with Crippen molar-refractivity contribution in [2.24, 2.45) is 5.73 Å². The molecule has 1 saturated heterocycles. The van der Waals surface area contributed by atoms with Gasteiger partial charge in [-0.3, -0.25) is 4.79 Å². The Bertz CT molecular complexity index is 367. The lowest BCUT2D eigenvalue weighted by Crippen LogP contribution is -2.37. The van der Waals surface area contributed by atoms with Gasteiger partial charge in [-0.2, -0.15) is 0 Å². The molecule has 1 heterocycles. The Morgan fingerprint density at radius 1 is 1.44 bits per heavy atom. The minimum Gasteiger partial charge on any atom is -0.391 e. The number of nitrogens with zero attached hydrogens (tertiary/aromatic N) is 1. The van der Waals surface area contributed by atoms with Crippen LogP contribution >= 0.6 is 0 Å². The van der Waals surface area contributed by atoms with Crippen molar-refractivity contribution in [2.75, 3.05) is 13.1 Å². The number of nitrogens with two attached hydrogens (primary N) is 1. The monoisotopic (exact) mass is 220 g/mol. The second-order valence-electron chi connectivity index (χ2n) is 4.12. The summed E-state index contributed by atoms with van der Waals surface area (Å²) < 4.78 is 0. The molecule has 4 heteroatoms. The van der Waals surface area contributed by atoms with Gasteiger partial charge in [0.2, 0.25) is 5.91 Å². The Morgan fingerprint density at radius 2 is 2.12 bits per heavy atom. The molecule has 1 aliphatic rings. The molecule has 0 radical (unpaired) electrons. The Balaban J connectivity index is 2.05. The van der Waals surface area contributed by atoms with Crippen LogP contribution in [0.3, 0.4) is 0 Å². The predicted molar refractivity (Wildman–Crippen MR) is 60.6 cm³/mol. The summed E-state index contributed by atoms with van der Waals surface area (Å²) in [5.41, 5.74) is 6.70. The quantitative estimate of drug-likeness (QED) is 0.752. The number of amides is 1. The van der Waals surface area contributed by atoms with E-state index in [0.29, 0.717) is 19.5 Å². The number of hydrogen-bond donors (Lipinski definition) is 2. The summed E-state index contributed by atoms with van der Waals surface area (Å²) in [5.74, 6) is -0.109. The van der Waals surface area contributed by atoms with Crippen molar-refractivity contribution in [3.8, 4) is 0 Å². The first-order valence-electron chi connectivity index (χ1n) is 5.46. The van der Waals surface area contributed by atoms with Gasteiger partial charge in [0.05, 0.1) is 6.10 Å². The average molecular weight is 220 g/mol. The van der Waals surface area contributed by atoms with Crippen LogP contribution in [0.1, 0.15) is 18.0 Å². The van der Waals surface area contributed by atoms with E-state index in [4.69, 9.17) is 5.73 Å². The summed E-state index contributed by atoms with van der Waals surface area (Å²) in [6.07, 6.45) is 0.250. The Hall–Kier alpha value is -1.39. The summed E-state index contributed by atoms with van der Waals surface area (Å²) >= 11 is 0. The molecule has 1 unspecified atom stereocenters. The highest BCUT2D eigenvalue weighted by molar-refractivity contribution is 5.83. The van der Waals surface area contributed by atoms with Gasteiger partial charge in [0.15, 0.2) is 0 Å². The molecule has 2 rings (SSSR count). The van der Waals surface area contributed by atoms with E-state index in [1.54, 1.807) is 4.90 Å². The average Bonchev–Trinajstić information content (AvgIpc) is 2.75. The van der Waals surface area contributed by atoms with Gasteiger partial charge in [0.1, 0.15) is 6.04 Å². The SMILES string of the molecule is NC(C(=O)N1CC[C@H](O)C1)c1ccccc1. The van der Waals surface area contributed by atoms with Crippen LogP contribution in [0.2, 0.25) is 0 Å². The minimum absolute atomic E-state index is 0.109. The molecule has 0 aromatic heterocycles. The Morgan fingerprint density at radius 3 is 2.69 bits per heavy atom. The molecule has 0 bridgehead atoms. The molecule has 3 N–H and O–H groups in total. The highest BCUT2D eigenvalue weighted by Crippen LogP contribution is 2.17. The highest BCUT2D eigenvalue weighted by Gasteiger charge is 2.28. The van der Waals surface area contributed by atoms with Crippen molar-refractivity contribution < 1.29 is 9.90 Å². The number of benzene rings is 1. The highest BCUT2D eigenvalue weighted by atomic mass is 16.3. The van der Waals surface area contributed by atoms with Crippen molar-refractivity contribution in [1.82, 2.24) is 4.90 Å². The van der Waals surface area contributed by atoms with Crippen LogP contribution in [0.25, 0.3) is 0 Å². The summed E-state index contributed by atoms with van der Waals surface area (Å²) in [7, 11) is 0. The topological polar surface area (TPSA) is 66.6 Å². The predicted octanol–water partition coefficient (Wildman–Crippen LogP) is 0.280. The number of β-amino-alcohol motifs (C(OH)–C–C–N with tert-alkyl or cyclic N) is 1. The van der Waals surface area contributed by atoms with Gasteiger partial charge in [-0.15, -0.1) is 0 Å². The Kier molecular flexibility index (Phi) is 3.22. The smallest absolute Gasteiger partial charge is 0.244 e. The Labute approximate surface area is 94.7 Å². The normalized spacial score (nSPS) is 22.1. The molecule has 86 valence electrons. The van der Waals surface area contributed by atoms with Gasteiger partial charge in [0.25, 0.3) is 0 Å². The molecule has 0 spiro atoms. The van der Waals surface area contributed by atoms with Gasteiger partial charge in [-0.05, 0) is 12.0 Å². The standard InChI is InChI=1S/C12H16N2O2/c13-11(9-4-2-1-3-5-9)12(16)14-7-6-10(15)8-14/h1-5,10-11,15H,6-8,13H2/t10-,11?/m0/s1. The van der Waals surface area contributed by atoms with E-state index in [0.717, 1.165) is 5.56 Å². The van der Waals surface area contributed by atoms with E-state index in [1.165, 1.54) is 0 Å². The maximum absolute atomic E-state index is 12.0. The second kappa shape index (κ2) is 4.63. The second-order valence-corrected chi connectivity index (χ2v) is 4.12. The molecular formula is C12H16N2O2. The van der Waals surface area contributed by atoms with E-state index in [2.05, 4.69) is 0 Å². The lowest BCUT2D eigenvalue weighted by atomic mass is 10.1. The van der Waals surface area contributed by atoms with E-state index in [9.17, 15) is 9.90 Å². The number of aliphatic hydroxyl groups is 1. The zero-order valence-corrected chi connectivity index (χ0v) is 9.04. The first kappa shape index (κ1) is 11.1. The van der Waals surface area contributed by atoms with Crippen molar-refractivity contribution >= 4 is 5.91 Å². The third-order valence-electron chi connectivity index (χ3n) is 2.90. The summed E-state index contributed by atoms with van der Waals surface area (Å²) in [4.78, 5) is 13.6. The van der Waals surface area contributed by atoms with Crippen LogP contribution in [-0.2, 0) is 4.79 Å². The number of rotatable bonds is 2. The first-order chi connectivity index (χ1) is 7.68. The fourth-order valence-electron chi connectivity index (χ4n) is 1.94. The van der Waals surface area contributed by atoms with Crippen LogP contribution in [0.4, 0.5) is 0 Å². The number of hydrogen-bond acceptors (Lipinski definition) is 3. The van der Waals surface area contributed by atoms with Crippen molar-refractivity contribution in [2.45, 2.75) is 18.6 Å². The summed E-state index contributed by atoms with van der Waals surface area (Å²) in [6.45, 7) is 1.000. The summed E-state index contributed by atoms with van der Waals surface area (Å²) in [6, 6.07) is 8.68. The number of carbonyl (C=O) groups is 1. The van der Waals surface area contributed by atoms with Gasteiger partial charge in [0, 0.05) is 13.1 Å². The van der Waals surface area contributed by atoms with Gasteiger partial charge in [-0.25, -0.2) is 0 Å². The molecule has 2 atom stereocenters. The fourth-order valence-corrected chi connectivity index (χ4v) is 1.94. The third-order valence-corrected chi connectivity index (χ3v) is 2.90. The maximum atomic E-state index is 12.0. The molecule has 1 fully saturated rings. The molecule has 1 aromatic rings. The first-order valence-corrected chi connectivity index (χ1v) is 5.46. The van der Waals surface area contributed by atoms with Crippen molar-refractivity contribution in [1.29, 1.82) is 0 Å². The number of carbonyl (C=O) groups excluding carboxylic acids is 1. The number of aliphatic hydroxyl groups excluding tert-OH is 1. The van der Waals surface area contributed by atoms with E-state index in [-0.39, 0.29) is 5.91 Å². The lowest BCUT2D eigenvalue weighted by molar-refractivity contribution is -0.132. The minimum atomic E-state index is -0.619. The van der Waals surface area contributed by atoms with Gasteiger partial charge < -0.3 is 15.7 Å². The molecule has 4 nitrogen and oxygen atoms in total. The van der Waals surface area contributed by atoms with E-state index >= 15 is 0 Å². The molecule has 1 aromatic carbocycles. The maximum Gasteiger partial charge on any atom is 0.244 e.